The lowest BCUT2D eigenvalue weighted by Crippen LogP contribution is -2.23. The van der Waals surface area contributed by atoms with Crippen molar-refractivity contribution < 1.29 is 18.7 Å². The fourth-order valence-corrected chi connectivity index (χ4v) is 2.22. The smallest absolute Gasteiger partial charge is 0.275 e. The molecule has 7 nitrogen and oxygen atoms in total. The highest BCUT2D eigenvalue weighted by atomic mass is 19.1. The van der Waals surface area contributed by atoms with Gasteiger partial charge in [-0.15, -0.1) is 0 Å². The molecule has 0 spiro atoms. The lowest BCUT2D eigenvalue weighted by atomic mass is 10.1. The maximum absolute atomic E-state index is 14.1. The number of nitrogens with zero attached hydrogens (tertiary/aromatic N) is 4. The van der Waals surface area contributed by atoms with Crippen molar-refractivity contribution in [3.05, 3.63) is 77.9 Å². The monoisotopic (exact) mass is 357 g/mol. The molecule has 0 fully saturated rings. The lowest BCUT2D eigenvalue weighted by Gasteiger charge is -2.09. The van der Waals surface area contributed by atoms with Crippen LogP contribution in [-0.4, -0.2) is 31.5 Å². The molecule has 2 N–H and O–H groups in total. The molecule has 1 amide bonds. The Kier molecular flexibility index (Phi) is 4.97. The number of hydrazone groups is 1. The van der Waals surface area contributed by atoms with E-state index in [4.69, 9.17) is 0 Å². The predicted molar refractivity (Wildman–Crippen MR) is 88.5 cm³/mol. The van der Waals surface area contributed by atoms with Gasteiger partial charge in [0.1, 0.15) is 30.0 Å². The summed E-state index contributed by atoms with van der Waals surface area (Å²) in [4.78, 5) is 16.0. The minimum atomic E-state index is -0.833. The first kappa shape index (κ1) is 17.2. The zero-order valence-electron chi connectivity index (χ0n) is 13.3. The molecule has 3 rings (SSSR count). The largest absolute Gasteiger partial charge is 0.507 e. The standard InChI is InChI=1S/C17H13F2N5O2/c18-11-5-6-12(14(19)7-11)15(8-24-10-20-9-21-24)22-23-17(26)13-3-1-2-4-16(13)25/h1-7,9-10,25H,8H2,(H,23,26). The van der Waals surface area contributed by atoms with Gasteiger partial charge in [-0.05, 0) is 24.3 Å². The normalized spacial score (nSPS) is 11.4. The minimum absolute atomic E-state index is 0.000478. The van der Waals surface area contributed by atoms with Crippen LogP contribution in [0, 0.1) is 11.6 Å². The van der Waals surface area contributed by atoms with E-state index in [2.05, 4.69) is 20.6 Å². The second-order valence-corrected chi connectivity index (χ2v) is 5.23. The summed E-state index contributed by atoms with van der Waals surface area (Å²) in [7, 11) is 0. The number of aromatic nitrogens is 3. The van der Waals surface area contributed by atoms with Gasteiger partial charge in [0, 0.05) is 11.6 Å². The first-order chi connectivity index (χ1) is 12.5. The molecule has 0 atom stereocenters. The maximum Gasteiger partial charge on any atom is 0.275 e. The van der Waals surface area contributed by atoms with E-state index in [1.54, 1.807) is 12.1 Å². The Balaban J connectivity index is 1.91. The van der Waals surface area contributed by atoms with Crippen molar-refractivity contribution >= 4 is 11.6 Å². The first-order valence-electron chi connectivity index (χ1n) is 7.47. The number of hydrogen-bond donors (Lipinski definition) is 2. The van der Waals surface area contributed by atoms with Crippen LogP contribution in [-0.2, 0) is 6.54 Å². The molecule has 0 aliphatic carbocycles. The molecule has 1 aromatic heterocycles. The Morgan fingerprint density at radius 3 is 2.69 bits per heavy atom. The number of hydrogen-bond acceptors (Lipinski definition) is 5. The van der Waals surface area contributed by atoms with E-state index in [0.29, 0.717) is 0 Å². The fraction of sp³-hybridized carbons (Fsp3) is 0.0588. The van der Waals surface area contributed by atoms with E-state index in [1.165, 1.54) is 35.5 Å². The highest BCUT2D eigenvalue weighted by Gasteiger charge is 2.14. The van der Waals surface area contributed by atoms with Crippen LogP contribution < -0.4 is 5.43 Å². The number of rotatable bonds is 5. The zero-order valence-corrected chi connectivity index (χ0v) is 13.3. The Morgan fingerprint density at radius 2 is 2.00 bits per heavy atom. The van der Waals surface area contributed by atoms with Crippen LogP contribution in [0.25, 0.3) is 0 Å². The molecular formula is C17H13F2N5O2. The summed E-state index contributed by atoms with van der Waals surface area (Å²) in [6.07, 6.45) is 2.68. The van der Waals surface area contributed by atoms with Crippen molar-refractivity contribution in [3.8, 4) is 5.75 Å². The zero-order chi connectivity index (χ0) is 18.5. The SMILES string of the molecule is O=C(NN=C(Cn1cncn1)c1ccc(F)cc1F)c1ccccc1O. The summed E-state index contributed by atoms with van der Waals surface area (Å²) in [5.74, 6) is -2.46. The van der Waals surface area contributed by atoms with Gasteiger partial charge in [-0.1, -0.05) is 12.1 Å². The second kappa shape index (κ2) is 7.51. The van der Waals surface area contributed by atoms with Crippen LogP contribution in [0.15, 0.2) is 60.2 Å². The topological polar surface area (TPSA) is 92.4 Å². The van der Waals surface area contributed by atoms with Gasteiger partial charge in [0.15, 0.2) is 0 Å². The molecule has 0 radical (unpaired) electrons. The number of amides is 1. The minimum Gasteiger partial charge on any atom is -0.507 e. The summed E-state index contributed by atoms with van der Waals surface area (Å²) < 4.78 is 28.7. The molecule has 0 saturated heterocycles. The molecule has 9 heteroatoms. The summed E-state index contributed by atoms with van der Waals surface area (Å²) in [5.41, 5.74) is 2.36. The van der Waals surface area contributed by atoms with E-state index >= 15 is 0 Å². The van der Waals surface area contributed by atoms with Crippen molar-refractivity contribution in [3.63, 3.8) is 0 Å². The van der Waals surface area contributed by atoms with Gasteiger partial charge in [0.25, 0.3) is 5.91 Å². The quantitative estimate of drug-likeness (QED) is 0.540. The Morgan fingerprint density at radius 1 is 1.19 bits per heavy atom. The number of carbonyl (C=O) groups is 1. The van der Waals surface area contributed by atoms with Crippen LogP contribution in [0.4, 0.5) is 8.78 Å². The van der Waals surface area contributed by atoms with Crippen LogP contribution in [0.5, 0.6) is 5.75 Å². The number of benzene rings is 2. The number of aromatic hydroxyl groups is 1. The molecule has 0 unspecified atom stereocenters. The van der Waals surface area contributed by atoms with Crippen LogP contribution in [0.1, 0.15) is 15.9 Å². The number of nitrogens with one attached hydrogen (secondary N) is 1. The third-order valence-corrected chi connectivity index (χ3v) is 3.46. The van der Waals surface area contributed by atoms with Crippen molar-refractivity contribution in [2.24, 2.45) is 5.10 Å². The average molecular weight is 357 g/mol. The van der Waals surface area contributed by atoms with Crippen LogP contribution >= 0.6 is 0 Å². The molecule has 2 aromatic carbocycles. The molecule has 0 bridgehead atoms. The van der Waals surface area contributed by atoms with E-state index in [-0.39, 0.29) is 29.1 Å². The Hall–Kier alpha value is -3.62. The van der Waals surface area contributed by atoms with E-state index in [0.717, 1.165) is 12.1 Å². The second-order valence-electron chi connectivity index (χ2n) is 5.23. The van der Waals surface area contributed by atoms with Crippen LogP contribution in [0.3, 0.4) is 0 Å². The van der Waals surface area contributed by atoms with E-state index < -0.39 is 17.5 Å². The predicted octanol–water partition coefficient (Wildman–Crippen LogP) is 2.10. The van der Waals surface area contributed by atoms with Crippen molar-refractivity contribution in [2.45, 2.75) is 6.54 Å². The average Bonchev–Trinajstić information content (AvgIpc) is 3.12. The molecule has 0 aliphatic rings. The van der Waals surface area contributed by atoms with Gasteiger partial charge in [-0.25, -0.2) is 23.9 Å². The summed E-state index contributed by atoms with van der Waals surface area (Å²) >= 11 is 0. The van der Waals surface area contributed by atoms with E-state index in [1.807, 2.05) is 0 Å². The number of phenolic OH excluding ortho intramolecular Hbond substituents is 1. The number of halogens is 2. The lowest BCUT2D eigenvalue weighted by molar-refractivity contribution is 0.0952. The fourth-order valence-electron chi connectivity index (χ4n) is 2.22. The molecule has 26 heavy (non-hydrogen) atoms. The molecule has 0 saturated carbocycles. The van der Waals surface area contributed by atoms with E-state index in [9.17, 15) is 18.7 Å². The molecule has 3 aromatic rings. The number of para-hydroxylation sites is 1. The molecule has 132 valence electrons. The van der Waals surface area contributed by atoms with Crippen molar-refractivity contribution in [2.75, 3.05) is 0 Å². The Labute approximate surface area is 146 Å². The van der Waals surface area contributed by atoms with Crippen LogP contribution in [0.2, 0.25) is 0 Å². The highest BCUT2D eigenvalue weighted by Crippen LogP contribution is 2.15. The highest BCUT2D eigenvalue weighted by molar-refractivity contribution is 6.02. The van der Waals surface area contributed by atoms with Crippen molar-refractivity contribution in [1.29, 1.82) is 0 Å². The van der Waals surface area contributed by atoms with Crippen molar-refractivity contribution in [1.82, 2.24) is 20.2 Å². The third kappa shape index (κ3) is 3.89. The summed E-state index contributed by atoms with van der Waals surface area (Å²) in [5, 5.41) is 17.5. The number of carbonyl (C=O) groups excluding carboxylic acids is 1. The van der Waals surface area contributed by atoms with Gasteiger partial charge in [0.2, 0.25) is 0 Å². The molecule has 1 heterocycles. The van der Waals surface area contributed by atoms with Gasteiger partial charge < -0.3 is 5.11 Å². The van der Waals surface area contributed by atoms with Gasteiger partial charge >= 0.3 is 0 Å². The van der Waals surface area contributed by atoms with Gasteiger partial charge in [-0.3, -0.25) is 4.79 Å². The van der Waals surface area contributed by atoms with Gasteiger partial charge in [-0.2, -0.15) is 10.2 Å². The summed E-state index contributed by atoms with van der Waals surface area (Å²) in [6.45, 7) is -0.0103. The Bertz CT molecular complexity index is 958. The summed E-state index contributed by atoms with van der Waals surface area (Å²) in [6, 6.07) is 8.93. The first-order valence-corrected chi connectivity index (χ1v) is 7.47. The third-order valence-electron chi connectivity index (χ3n) is 3.46. The van der Waals surface area contributed by atoms with Gasteiger partial charge in [0.05, 0.1) is 17.8 Å². The maximum atomic E-state index is 14.1. The molecular weight excluding hydrogens is 344 g/mol. The molecule has 0 aliphatic heterocycles. The number of phenols is 1.